The third-order valence-electron chi connectivity index (χ3n) is 3.52. The van der Waals surface area contributed by atoms with Crippen LogP contribution < -0.4 is 15.8 Å². The highest BCUT2D eigenvalue weighted by atomic mass is 35.5. The van der Waals surface area contributed by atoms with Crippen molar-refractivity contribution in [1.82, 2.24) is 9.97 Å². The molecule has 0 bridgehead atoms. The number of nitrogens with two attached hydrogens (primary N) is 1. The van der Waals surface area contributed by atoms with Crippen LogP contribution in [0.5, 0.6) is 0 Å². The van der Waals surface area contributed by atoms with Crippen LogP contribution in [0, 0.1) is 0 Å². The molecule has 0 spiro atoms. The van der Waals surface area contributed by atoms with E-state index in [1.54, 1.807) is 30.3 Å². The summed E-state index contributed by atoms with van der Waals surface area (Å²) in [6.07, 6.45) is 1.40. The summed E-state index contributed by atoms with van der Waals surface area (Å²) in [6, 6.07) is 13.0. The third kappa shape index (κ3) is 5.00. The van der Waals surface area contributed by atoms with Crippen molar-refractivity contribution in [2.75, 3.05) is 15.8 Å². The van der Waals surface area contributed by atoms with E-state index in [1.165, 1.54) is 18.3 Å². The molecular weight excluding hydrogens is 409 g/mol. The summed E-state index contributed by atoms with van der Waals surface area (Å²) in [6.45, 7) is 0.362. The van der Waals surface area contributed by atoms with Crippen molar-refractivity contribution in [2.45, 2.75) is 11.4 Å². The number of anilines is 3. The fraction of sp³-hybridized carbons (Fsp3) is 0.0588. The average molecular weight is 424 g/mol. The molecular formula is C17H15Cl2N5O2S. The lowest BCUT2D eigenvalue weighted by Gasteiger charge is -2.11. The average Bonchev–Trinajstić information content (AvgIpc) is 2.62. The fourth-order valence-electron chi connectivity index (χ4n) is 2.30. The van der Waals surface area contributed by atoms with Crippen molar-refractivity contribution < 1.29 is 8.42 Å². The highest BCUT2D eigenvalue weighted by Gasteiger charge is 2.14. The number of hydrogen-bond acceptors (Lipinski definition) is 6. The van der Waals surface area contributed by atoms with Gasteiger partial charge in [-0.2, -0.15) is 4.98 Å². The molecule has 3 aromatic rings. The lowest BCUT2D eigenvalue weighted by Crippen LogP contribution is -2.13. The van der Waals surface area contributed by atoms with Crippen LogP contribution >= 0.6 is 23.2 Å². The summed E-state index contributed by atoms with van der Waals surface area (Å²) in [5.41, 5.74) is 7.26. The molecule has 0 unspecified atom stereocenters. The van der Waals surface area contributed by atoms with E-state index >= 15 is 0 Å². The smallest absolute Gasteiger partial charge is 0.261 e. The first-order valence-corrected chi connectivity index (χ1v) is 9.96. The third-order valence-corrected chi connectivity index (χ3v) is 5.36. The van der Waals surface area contributed by atoms with E-state index in [0.29, 0.717) is 28.8 Å². The number of rotatable bonds is 6. The van der Waals surface area contributed by atoms with Gasteiger partial charge in [-0.3, -0.25) is 4.72 Å². The molecule has 3 rings (SSSR count). The van der Waals surface area contributed by atoms with Crippen molar-refractivity contribution in [3.8, 4) is 0 Å². The van der Waals surface area contributed by atoms with Crippen LogP contribution in [0.1, 0.15) is 5.56 Å². The maximum absolute atomic E-state index is 12.5. The van der Waals surface area contributed by atoms with E-state index in [-0.39, 0.29) is 10.2 Å². The molecule has 0 fully saturated rings. The van der Waals surface area contributed by atoms with Crippen molar-refractivity contribution in [2.24, 2.45) is 0 Å². The van der Waals surface area contributed by atoms with Crippen LogP contribution in [-0.2, 0) is 16.6 Å². The lowest BCUT2D eigenvalue weighted by molar-refractivity contribution is 0.601. The first-order chi connectivity index (χ1) is 12.8. The highest BCUT2D eigenvalue weighted by molar-refractivity contribution is 7.92. The number of benzene rings is 2. The van der Waals surface area contributed by atoms with Gasteiger partial charge in [-0.25, -0.2) is 13.4 Å². The number of nitrogen functional groups attached to an aromatic ring is 1. The second kappa shape index (κ2) is 7.99. The monoisotopic (exact) mass is 423 g/mol. The SMILES string of the molecule is Nc1cccc(S(=O)(=O)Nc2cccc(CNc3nc(Cl)ncc3Cl)c2)c1. The second-order valence-corrected chi connectivity index (χ2v) is 8.00. The zero-order valence-electron chi connectivity index (χ0n) is 13.9. The van der Waals surface area contributed by atoms with E-state index in [9.17, 15) is 8.42 Å². The molecule has 1 aromatic heterocycles. The van der Waals surface area contributed by atoms with Crippen LogP contribution in [0.2, 0.25) is 10.3 Å². The molecule has 0 aliphatic heterocycles. The Morgan fingerprint density at radius 2 is 1.85 bits per heavy atom. The molecule has 0 radical (unpaired) electrons. The van der Waals surface area contributed by atoms with Crippen molar-refractivity contribution in [3.05, 3.63) is 70.6 Å². The lowest BCUT2D eigenvalue weighted by atomic mass is 10.2. The Hall–Kier alpha value is -2.55. The summed E-state index contributed by atoms with van der Waals surface area (Å²) in [7, 11) is -3.74. The molecule has 0 atom stereocenters. The zero-order chi connectivity index (χ0) is 19.4. The summed E-state index contributed by atoms with van der Waals surface area (Å²) in [5.74, 6) is 0.391. The van der Waals surface area contributed by atoms with E-state index in [0.717, 1.165) is 5.56 Å². The maximum Gasteiger partial charge on any atom is 0.261 e. The van der Waals surface area contributed by atoms with Gasteiger partial charge in [0.1, 0.15) is 10.8 Å². The molecule has 140 valence electrons. The van der Waals surface area contributed by atoms with Crippen LogP contribution in [0.15, 0.2) is 59.6 Å². The van der Waals surface area contributed by atoms with E-state index in [2.05, 4.69) is 20.0 Å². The normalized spacial score (nSPS) is 11.2. The van der Waals surface area contributed by atoms with Gasteiger partial charge >= 0.3 is 0 Å². The molecule has 0 aliphatic rings. The summed E-state index contributed by atoms with van der Waals surface area (Å²) in [5, 5.41) is 3.44. The van der Waals surface area contributed by atoms with Crippen molar-refractivity contribution in [1.29, 1.82) is 0 Å². The Kier molecular flexibility index (Phi) is 5.69. The van der Waals surface area contributed by atoms with Crippen LogP contribution in [0.25, 0.3) is 0 Å². The molecule has 0 saturated carbocycles. The van der Waals surface area contributed by atoms with Gasteiger partial charge in [0.05, 0.1) is 11.1 Å². The predicted octanol–water partition coefficient (Wildman–Crippen LogP) is 3.78. The largest absolute Gasteiger partial charge is 0.399 e. The highest BCUT2D eigenvalue weighted by Crippen LogP contribution is 2.22. The molecule has 0 saturated heterocycles. The van der Waals surface area contributed by atoms with Gasteiger partial charge < -0.3 is 11.1 Å². The molecule has 7 nitrogen and oxygen atoms in total. The maximum atomic E-state index is 12.5. The Morgan fingerprint density at radius 3 is 2.63 bits per heavy atom. The van der Waals surface area contributed by atoms with Gasteiger partial charge in [0.2, 0.25) is 5.28 Å². The number of aromatic nitrogens is 2. The van der Waals surface area contributed by atoms with Crippen LogP contribution in [-0.4, -0.2) is 18.4 Å². The van der Waals surface area contributed by atoms with Gasteiger partial charge in [0.25, 0.3) is 10.0 Å². The van der Waals surface area contributed by atoms with Crippen LogP contribution in [0.4, 0.5) is 17.2 Å². The first kappa shape index (κ1) is 19.2. The van der Waals surface area contributed by atoms with Gasteiger partial charge in [-0.15, -0.1) is 0 Å². The second-order valence-electron chi connectivity index (χ2n) is 5.57. The van der Waals surface area contributed by atoms with Gasteiger partial charge in [-0.05, 0) is 47.5 Å². The number of halogens is 2. The quantitative estimate of drug-likeness (QED) is 0.410. The summed E-state index contributed by atoms with van der Waals surface area (Å²) >= 11 is 11.8. The molecule has 1 heterocycles. The Balaban J connectivity index is 1.74. The molecule has 0 aliphatic carbocycles. The zero-order valence-corrected chi connectivity index (χ0v) is 16.2. The molecule has 2 aromatic carbocycles. The van der Waals surface area contributed by atoms with E-state index in [4.69, 9.17) is 28.9 Å². The minimum absolute atomic E-state index is 0.0746. The van der Waals surface area contributed by atoms with Gasteiger partial charge in [0.15, 0.2) is 0 Å². The molecule has 4 N–H and O–H groups in total. The fourth-order valence-corrected chi connectivity index (χ4v) is 3.69. The molecule has 0 amide bonds. The van der Waals surface area contributed by atoms with Crippen LogP contribution in [0.3, 0.4) is 0 Å². The number of hydrogen-bond donors (Lipinski definition) is 3. The van der Waals surface area contributed by atoms with E-state index < -0.39 is 10.0 Å². The summed E-state index contributed by atoms with van der Waals surface area (Å²) < 4.78 is 27.5. The Morgan fingerprint density at radius 1 is 1.07 bits per heavy atom. The van der Waals surface area contributed by atoms with Gasteiger partial charge in [-0.1, -0.05) is 29.8 Å². The van der Waals surface area contributed by atoms with Crippen molar-refractivity contribution >= 4 is 50.4 Å². The molecule has 27 heavy (non-hydrogen) atoms. The predicted molar refractivity (Wildman–Crippen MR) is 107 cm³/mol. The Bertz CT molecular complexity index is 1080. The van der Waals surface area contributed by atoms with Crippen molar-refractivity contribution in [3.63, 3.8) is 0 Å². The standard InChI is InChI=1S/C17H15Cl2N5O2S/c18-15-10-22-17(19)23-16(15)21-9-11-3-1-5-13(7-11)24-27(25,26)14-6-2-4-12(20)8-14/h1-8,10,24H,9,20H2,(H,21,22,23). The number of nitrogens with zero attached hydrogens (tertiary/aromatic N) is 2. The minimum Gasteiger partial charge on any atom is -0.399 e. The molecule has 10 heteroatoms. The first-order valence-electron chi connectivity index (χ1n) is 7.73. The van der Waals surface area contributed by atoms with Gasteiger partial charge in [0, 0.05) is 17.9 Å². The summed E-state index contributed by atoms with van der Waals surface area (Å²) in [4.78, 5) is 7.88. The number of nitrogens with one attached hydrogen (secondary N) is 2. The number of sulfonamides is 1. The van der Waals surface area contributed by atoms with E-state index in [1.807, 2.05) is 6.07 Å². The topological polar surface area (TPSA) is 110 Å². The Labute approximate surface area is 166 Å². The minimum atomic E-state index is -3.74.